The summed E-state index contributed by atoms with van der Waals surface area (Å²) >= 11 is 0. The Morgan fingerprint density at radius 2 is 2.05 bits per heavy atom. The second kappa shape index (κ2) is 5.61. The Kier molecular flexibility index (Phi) is 3.90. The molecule has 0 fully saturated rings. The SMILES string of the molecule is CCOc1cc2ccccc2c(C(=O)NC)c1OC. The van der Waals surface area contributed by atoms with Crippen LogP contribution in [0.4, 0.5) is 0 Å². The molecule has 4 heteroatoms. The third-order valence-electron chi connectivity index (χ3n) is 2.93. The van der Waals surface area contributed by atoms with Crippen LogP contribution < -0.4 is 14.8 Å². The van der Waals surface area contributed by atoms with E-state index in [9.17, 15) is 4.79 Å². The van der Waals surface area contributed by atoms with Crippen molar-refractivity contribution in [1.82, 2.24) is 5.32 Å². The number of methoxy groups -OCH3 is 1. The molecule has 0 saturated heterocycles. The fraction of sp³-hybridized carbons (Fsp3) is 0.267. The molecule has 2 aromatic rings. The van der Waals surface area contributed by atoms with E-state index in [1.54, 1.807) is 14.2 Å². The smallest absolute Gasteiger partial charge is 0.255 e. The maximum atomic E-state index is 12.1. The minimum absolute atomic E-state index is 0.186. The van der Waals surface area contributed by atoms with Crippen LogP contribution in [0.5, 0.6) is 11.5 Å². The molecule has 1 N–H and O–H groups in total. The number of carbonyl (C=O) groups excluding carboxylic acids is 1. The number of hydrogen-bond donors (Lipinski definition) is 1. The van der Waals surface area contributed by atoms with Gasteiger partial charge >= 0.3 is 0 Å². The summed E-state index contributed by atoms with van der Waals surface area (Å²) in [5.41, 5.74) is 0.506. The van der Waals surface area contributed by atoms with Gasteiger partial charge in [-0.3, -0.25) is 4.79 Å². The molecule has 0 aromatic heterocycles. The van der Waals surface area contributed by atoms with Crippen molar-refractivity contribution >= 4 is 16.7 Å². The van der Waals surface area contributed by atoms with Gasteiger partial charge in [0.05, 0.1) is 19.3 Å². The van der Waals surface area contributed by atoms with E-state index in [2.05, 4.69) is 5.32 Å². The number of benzene rings is 2. The lowest BCUT2D eigenvalue weighted by molar-refractivity contribution is 0.0961. The lowest BCUT2D eigenvalue weighted by Gasteiger charge is -2.15. The van der Waals surface area contributed by atoms with Crippen molar-refractivity contribution in [3.63, 3.8) is 0 Å². The van der Waals surface area contributed by atoms with Gasteiger partial charge in [-0.2, -0.15) is 0 Å². The highest BCUT2D eigenvalue weighted by atomic mass is 16.5. The van der Waals surface area contributed by atoms with Crippen molar-refractivity contribution in [3.8, 4) is 11.5 Å². The van der Waals surface area contributed by atoms with Gasteiger partial charge in [0.15, 0.2) is 11.5 Å². The monoisotopic (exact) mass is 259 g/mol. The van der Waals surface area contributed by atoms with E-state index in [0.717, 1.165) is 10.8 Å². The van der Waals surface area contributed by atoms with Crippen LogP contribution in [0.1, 0.15) is 17.3 Å². The van der Waals surface area contributed by atoms with Gasteiger partial charge in [0.25, 0.3) is 5.91 Å². The van der Waals surface area contributed by atoms with E-state index in [1.807, 2.05) is 37.3 Å². The summed E-state index contributed by atoms with van der Waals surface area (Å²) in [6.45, 7) is 2.41. The first-order valence-electron chi connectivity index (χ1n) is 6.17. The minimum atomic E-state index is -0.186. The quantitative estimate of drug-likeness (QED) is 0.918. The topological polar surface area (TPSA) is 47.6 Å². The first-order valence-corrected chi connectivity index (χ1v) is 6.17. The minimum Gasteiger partial charge on any atom is -0.492 e. The molecule has 19 heavy (non-hydrogen) atoms. The molecule has 1 amide bonds. The molecule has 0 aliphatic heterocycles. The molecule has 0 atom stereocenters. The van der Waals surface area contributed by atoms with Gasteiger partial charge in [-0.15, -0.1) is 0 Å². The van der Waals surface area contributed by atoms with E-state index in [-0.39, 0.29) is 5.91 Å². The molecule has 100 valence electrons. The third kappa shape index (κ3) is 2.34. The molecule has 4 nitrogen and oxygen atoms in total. The number of nitrogens with one attached hydrogen (secondary N) is 1. The zero-order valence-corrected chi connectivity index (χ0v) is 11.3. The number of amides is 1. The summed E-state index contributed by atoms with van der Waals surface area (Å²) in [5.74, 6) is 0.872. The van der Waals surface area contributed by atoms with Crippen molar-refractivity contribution < 1.29 is 14.3 Å². The van der Waals surface area contributed by atoms with Crippen molar-refractivity contribution in [1.29, 1.82) is 0 Å². The molecule has 0 aliphatic rings. The standard InChI is InChI=1S/C15H17NO3/c1-4-19-12-9-10-7-5-6-8-11(10)13(14(12)18-3)15(17)16-2/h5-9H,4H2,1-3H3,(H,16,17). The fourth-order valence-corrected chi connectivity index (χ4v) is 2.12. The maximum Gasteiger partial charge on any atom is 0.255 e. The Morgan fingerprint density at radius 1 is 1.32 bits per heavy atom. The molecule has 2 aromatic carbocycles. The van der Waals surface area contributed by atoms with Crippen LogP contribution >= 0.6 is 0 Å². The highest BCUT2D eigenvalue weighted by Gasteiger charge is 2.20. The zero-order valence-electron chi connectivity index (χ0n) is 11.3. The van der Waals surface area contributed by atoms with Gasteiger partial charge in [0, 0.05) is 7.05 Å². The first kappa shape index (κ1) is 13.2. The summed E-state index contributed by atoms with van der Waals surface area (Å²) in [6, 6.07) is 9.57. The van der Waals surface area contributed by atoms with Gasteiger partial charge in [0.2, 0.25) is 0 Å². The summed E-state index contributed by atoms with van der Waals surface area (Å²) in [4.78, 5) is 12.1. The van der Waals surface area contributed by atoms with Crippen molar-refractivity contribution in [2.45, 2.75) is 6.92 Å². The van der Waals surface area contributed by atoms with Crippen LogP contribution in [-0.4, -0.2) is 26.7 Å². The summed E-state index contributed by atoms with van der Waals surface area (Å²) in [7, 11) is 3.14. The van der Waals surface area contributed by atoms with Crippen molar-refractivity contribution in [2.24, 2.45) is 0 Å². The lowest BCUT2D eigenvalue weighted by Crippen LogP contribution is -2.19. The zero-order chi connectivity index (χ0) is 13.8. The number of rotatable bonds is 4. The molecule has 0 heterocycles. The van der Waals surface area contributed by atoms with E-state index in [0.29, 0.717) is 23.7 Å². The Hall–Kier alpha value is -2.23. The summed E-state index contributed by atoms with van der Waals surface area (Å²) in [6.07, 6.45) is 0. The molecule has 0 aliphatic carbocycles. The average molecular weight is 259 g/mol. The van der Waals surface area contributed by atoms with Crippen LogP contribution in [0, 0.1) is 0 Å². The normalized spacial score (nSPS) is 10.3. The molecule has 0 bridgehead atoms. The Morgan fingerprint density at radius 3 is 2.68 bits per heavy atom. The Bertz CT molecular complexity index is 608. The number of fused-ring (bicyclic) bond motifs is 1. The number of hydrogen-bond acceptors (Lipinski definition) is 3. The van der Waals surface area contributed by atoms with Gasteiger partial charge < -0.3 is 14.8 Å². The van der Waals surface area contributed by atoms with Crippen LogP contribution in [0.25, 0.3) is 10.8 Å². The van der Waals surface area contributed by atoms with Gasteiger partial charge in [-0.05, 0) is 23.8 Å². The second-order valence-electron chi connectivity index (χ2n) is 4.02. The van der Waals surface area contributed by atoms with E-state index < -0.39 is 0 Å². The average Bonchev–Trinajstić information content (AvgIpc) is 2.45. The van der Waals surface area contributed by atoms with E-state index >= 15 is 0 Å². The predicted molar refractivity (Wildman–Crippen MR) is 75.1 cm³/mol. The lowest BCUT2D eigenvalue weighted by atomic mass is 10.0. The van der Waals surface area contributed by atoms with Crippen molar-refractivity contribution in [2.75, 3.05) is 20.8 Å². The van der Waals surface area contributed by atoms with Gasteiger partial charge in [-0.25, -0.2) is 0 Å². The van der Waals surface area contributed by atoms with E-state index in [4.69, 9.17) is 9.47 Å². The van der Waals surface area contributed by atoms with Crippen molar-refractivity contribution in [3.05, 3.63) is 35.9 Å². The van der Waals surface area contributed by atoms with E-state index in [1.165, 1.54) is 0 Å². The maximum absolute atomic E-state index is 12.1. The summed E-state index contributed by atoms with van der Waals surface area (Å²) in [5, 5.41) is 4.44. The molecule has 0 saturated carbocycles. The van der Waals surface area contributed by atoms with Crippen LogP contribution in [0.3, 0.4) is 0 Å². The summed E-state index contributed by atoms with van der Waals surface area (Å²) < 4.78 is 10.9. The molecule has 2 rings (SSSR count). The van der Waals surface area contributed by atoms with Gasteiger partial charge in [0.1, 0.15) is 0 Å². The highest BCUT2D eigenvalue weighted by Crippen LogP contribution is 2.37. The third-order valence-corrected chi connectivity index (χ3v) is 2.93. The molecule has 0 radical (unpaired) electrons. The molecular weight excluding hydrogens is 242 g/mol. The Labute approximate surface area is 112 Å². The molecular formula is C15H17NO3. The fourth-order valence-electron chi connectivity index (χ4n) is 2.12. The molecule has 0 spiro atoms. The number of ether oxygens (including phenoxy) is 2. The Balaban J connectivity index is 2.80. The number of carbonyl (C=O) groups is 1. The first-order chi connectivity index (χ1) is 9.22. The van der Waals surface area contributed by atoms with Crippen LogP contribution in [-0.2, 0) is 0 Å². The van der Waals surface area contributed by atoms with Crippen LogP contribution in [0.2, 0.25) is 0 Å². The predicted octanol–water partition coefficient (Wildman–Crippen LogP) is 2.61. The second-order valence-corrected chi connectivity index (χ2v) is 4.02. The van der Waals surface area contributed by atoms with Gasteiger partial charge in [-0.1, -0.05) is 24.3 Å². The largest absolute Gasteiger partial charge is 0.492 e. The highest BCUT2D eigenvalue weighted by molar-refractivity contribution is 6.10. The van der Waals surface area contributed by atoms with Crippen LogP contribution in [0.15, 0.2) is 30.3 Å². The molecule has 0 unspecified atom stereocenters.